The number of aryl methyl sites for hydroxylation is 2. The number of fused-ring (bicyclic) bond motifs is 3. The minimum absolute atomic E-state index is 0.134. The zero-order valence-corrected chi connectivity index (χ0v) is 12.4. The summed E-state index contributed by atoms with van der Waals surface area (Å²) in [5.74, 6) is 0.771. The van der Waals surface area contributed by atoms with Crippen LogP contribution in [0.4, 0.5) is 0 Å². The van der Waals surface area contributed by atoms with Gasteiger partial charge in [0.1, 0.15) is 5.01 Å². The fourth-order valence-electron chi connectivity index (χ4n) is 3.56. The number of rotatable bonds is 3. The molecule has 0 aliphatic carbocycles. The van der Waals surface area contributed by atoms with Crippen molar-refractivity contribution >= 4 is 11.3 Å². The molecule has 4 heterocycles. The number of aromatic nitrogens is 1. The first-order valence-corrected chi connectivity index (χ1v) is 7.89. The lowest BCUT2D eigenvalue weighted by atomic mass is 9.73. The molecular formula is C14H23N3S. The van der Waals surface area contributed by atoms with Crippen LogP contribution in [-0.4, -0.2) is 36.1 Å². The first kappa shape index (κ1) is 12.6. The van der Waals surface area contributed by atoms with Gasteiger partial charge in [0.25, 0.3) is 0 Å². The zero-order valence-electron chi connectivity index (χ0n) is 11.6. The predicted molar refractivity (Wildman–Crippen MR) is 76.1 cm³/mol. The Labute approximate surface area is 114 Å². The molecule has 3 aliphatic heterocycles. The van der Waals surface area contributed by atoms with E-state index in [-0.39, 0.29) is 5.54 Å². The minimum Gasteiger partial charge on any atom is -0.304 e. The van der Waals surface area contributed by atoms with E-state index < -0.39 is 0 Å². The molecule has 0 radical (unpaired) electrons. The highest BCUT2D eigenvalue weighted by Crippen LogP contribution is 2.44. The standard InChI is InChI=1S/C14H23N3S/c1-4-15-14(13-16-10(2)11(3)18-13)9-17-7-5-12(14)6-8-17/h12,15H,4-9H2,1-3H3. The van der Waals surface area contributed by atoms with Crippen LogP contribution in [0.5, 0.6) is 0 Å². The molecule has 1 aromatic rings. The third-order valence-electron chi connectivity index (χ3n) is 4.66. The van der Waals surface area contributed by atoms with Crippen LogP contribution in [0.15, 0.2) is 0 Å². The normalized spacial score (nSPS) is 35.1. The fraction of sp³-hybridized carbons (Fsp3) is 0.786. The van der Waals surface area contributed by atoms with E-state index in [2.05, 4.69) is 31.0 Å². The summed E-state index contributed by atoms with van der Waals surface area (Å²) >= 11 is 1.90. The number of nitrogens with one attached hydrogen (secondary N) is 1. The molecule has 1 unspecified atom stereocenters. The summed E-state index contributed by atoms with van der Waals surface area (Å²) in [6, 6.07) is 0. The van der Waals surface area contributed by atoms with E-state index in [1.54, 1.807) is 0 Å². The van der Waals surface area contributed by atoms with Gasteiger partial charge >= 0.3 is 0 Å². The van der Waals surface area contributed by atoms with Gasteiger partial charge in [-0.2, -0.15) is 0 Å². The summed E-state index contributed by atoms with van der Waals surface area (Å²) in [6.07, 6.45) is 2.65. The van der Waals surface area contributed by atoms with E-state index in [9.17, 15) is 0 Å². The van der Waals surface area contributed by atoms with E-state index >= 15 is 0 Å². The van der Waals surface area contributed by atoms with Crippen LogP contribution in [0.1, 0.15) is 35.3 Å². The highest BCUT2D eigenvalue weighted by molar-refractivity contribution is 7.11. The summed E-state index contributed by atoms with van der Waals surface area (Å²) in [7, 11) is 0. The molecular weight excluding hydrogens is 242 g/mol. The van der Waals surface area contributed by atoms with Gasteiger partial charge in [-0.15, -0.1) is 11.3 Å². The minimum atomic E-state index is 0.134. The lowest BCUT2D eigenvalue weighted by molar-refractivity contribution is 0.00399. The van der Waals surface area contributed by atoms with Gasteiger partial charge in [-0.25, -0.2) is 4.98 Å². The molecule has 0 amide bonds. The molecule has 0 aromatic carbocycles. The van der Waals surface area contributed by atoms with Gasteiger partial charge in [0, 0.05) is 11.4 Å². The Morgan fingerprint density at radius 2 is 2.11 bits per heavy atom. The van der Waals surface area contributed by atoms with Crippen molar-refractivity contribution in [1.82, 2.24) is 15.2 Å². The summed E-state index contributed by atoms with van der Waals surface area (Å²) in [4.78, 5) is 8.85. The van der Waals surface area contributed by atoms with Crippen LogP contribution >= 0.6 is 11.3 Å². The second-order valence-electron chi connectivity index (χ2n) is 5.71. The summed E-state index contributed by atoms with van der Waals surface area (Å²) in [5, 5.41) is 5.12. The molecule has 18 heavy (non-hydrogen) atoms. The molecule has 1 atom stereocenters. The molecule has 2 bridgehead atoms. The van der Waals surface area contributed by atoms with Crippen molar-refractivity contribution in [2.24, 2.45) is 5.92 Å². The SMILES string of the molecule is CCNC1(c2nc(C)c(C)s2)CN2CCC1CC2. The molecule has 0 spiro atoms. The van der Waals surface area contributed by atoms with Crippen LogP contribution in [0.3, 0.4) is 0 Å². The number of likely N-dealkylation sites (N-methyl/N-ethyl adjacent to an activating group) is 1. The third-order valence-corrected chi connectivity index (χ3v) is 5.91. The number of piperidine rings is 3. The second-order valence-corrected chi connectivity index (χ2v) is 6.92. The van der Waals surface area contributed by atoms with Crippen molar-refractivity contribution in [3.05, 3.63) is 15.6 Å². The smallest absolute Gasteiger partial charge is 0.115 e. The Bertz CT molecular complexity index is 415. The van der Waals surface area contributed by atoms with Crippen LogP contribution in [-0.2, 0) is 5.54 Å². The molecule has 3 aliphatic rings. The number of thiazole rings is 1. The van der Waals surface area contributed by atoms with Crippen LogP contribution in [0.2, 0.25) is 0 Å². The number of hydrogen-bond acceptors (Lipinski definition) is 4. The molecule has 3 saturated heterocycles. The average molecular weight is 265 g/mol. The monoisotopic (exact) mass is 265 g/mol. The number of nitrogens with zero attached hydrogens (tertiary/aromatic N) is 2. The summed E-state index contributed by atoms with van der Waals surface area (Å²) in [5.41, 5.74) is 1.35. The van der Waals surface area contributed by atoms with Gasteiger partial charge < -0.3 is 10.2 Å². The molecule has 1 aromatic heterocycles. The summed E-state index contributed by atoms with van der Waals surface area (Å²) in [6.45, 7) is 11.3. The third kappa shape index (κ3) is 1.82. The quantitative estimate of drug-likeness (QED) is 0.909. The van der Waals surface area contributed by atoms with Crippen molar-refractivity contribution in [2.75, 3.05) is 26.2 Å². The van der Waals surface area contributed by atoms with Crippen molar-refractivity contribution in [3.8, 4) is 0 Å². The molecule has 4 rings (SSSR count). The molecule has 0 saturated carbocycles. The van der Waals surface area contributed by atoms with Crippen LogP contribution in [0.25, 0.3) is 0 Å². The first-order valence-electron chi connectivity index (χ1n) is 7.07. The number of hydrogen-bond donors (Lipinski definition) is 1. The van der Waals surface area contributed by atoms with Gasteiger partial charge in [0.2, 0.25) is 0 Å². The van der Waals surface area contributed by atoms with Crippen molar-refractivity contribution in [2.45, 2.75) is 39.2 Å². The largest absolute Gasteiger partial charge is 0.304 e. The molecule has 100 valence electrons. The zero-order chi connectivity index (χ0) is 12.8. The average Bonchev–Trinajstić information content (AvgIpc) is 2.72. The van der Waals surface area contributed by atoms with Crippen molar-refractivity contribution in [1.29, 1.82) is 0 Å². The molecule has 3 fully saturated rings. The van der Waals surface area contributed by atoms with E-state index in [1.807, 2.05) is 11.3 Å². The lowest BCUT2D eigenvalue weighted by Gasteiger charge is -2.52. The van der Waals surface area contributed by atoms with E-state index in [4.69, 9.17) is 4.98 Å². The molecule has 3 nitrogen and oxygen atoms in total. The van der Waals surface area contributed by atoms with Gasteiger partial charge in [0.15, 0.2) is 0 Å². The maximum atomic E-state index is 4.87. The Morgan fingerprint density at radius 1 is 1.39 bits per heavy atom. The second kappa shape index (κ2) is 4.58. The van der Waals surface area contributed by atoms with Gasteiger partial charge in [0.05, 0.1) is 11.2 Å². The van der Waals surface area contributed by atoms with Crippen molar-refractivity contribution in [3.63, 3.8) is 0 Å². The Hall–Kier alpha value is -0.450. The van der Waals surface area contributed by atoms with E-state index in [1.165, 1.54) is 41.5 Å². The molecule has 1 N–H and O–H groups in total. The Morgan fingerprint density at radius 3 is 2.56 bits per heavy atom. The highest BCUT2D eigenvalue weighted by atomic mass is 32.1. The molecule has 4 heteroatoms. The summed E-state index contributed by atoms with van der Waals surface area (Å²) < 4.78 is 0. The first-order chi connectivity index (χ1) is 8.65. The van der Waals surface area contributed by atoms with Gasteiger partial charge in [-0.1, -0.05) is 6.92 Å². The van der Waals surface area contributed by atoms with Crippen LogP contribution < -0.4 is 5.32 Å². The van der Waals surface area contributed by atoms with E-state index in [0.29, 0.717) is 0 Å². The Balaban J connectivity index is 2.01. The highest BCUT2D eigenvalue weighted by Gasteiger charge is 2.49. The topological polar surface area (TPSA) is 28.2 Å². The Kier molecular flexibility index (Phi) is 3.20. The van der Waals surface area contributed by atoms with Gasteiger partial charge in [-0.05, 0) is 52.2 Å². The van der Waals surface area contributed by atoms with E-state index in [0.717, 1.165) is 19.0 Å². The van der Waals surface area contributed by atoms with Crippen molar-refractivity contribution < 1.29 is 0 Å². The predicted octanol–water partition coefficient (Wildman–Crippen LogP) is 2.29. The maximum absolute atomic E-state index is 4.87. The van der Waals surface area contributed by atoms with Gasteiger partial charge in [-0.3, -0.25) is 0 Å². The van der Waals surface area contributed by atoms with Crippen LogP contribution in [0, 0.1) is 19.8 Å². The maximum Gasteiger partial charge on any atom is 0.115 e. The lowest BCUT2D eigenvalue weighted by Crippen LogP contribution is -2.63. The fourth-order valence-corrected chi connectivity index (χ4v) is 4.71.